The predicted molar refractivity (Wildman–Crippen MR) is 86.7 cm³/mol. The Hall–Kier alpha value is -1.78. The molecule has 2 aromatic carbocycles. The number of nitrogens with zero attached hydrogens (tertiary/aromatic N) is 1. The molecule has 1 aromatic heterocycles. The van der Waals surface area contributed by atoms with E-state index in [1.54, 1.807) is 12.3 Å². The van der Waals surface area contributed by atoms with E-state index in [9.17, 15) is 4.39 Å². The van der Waals surface area contributed by atoms with E-state index in [-0.39, 0.29) is 11.9 Å². The third-order valence-corrected chi connectivity index (χ3v) is 3.96. The molecule has 106 valence electrons. The smallest absolute Gasteiger partial charge is 0.124 e. The van der Waals surface area contributed by atoms with Crippen LogP contribution in [0.5, 0.6) is 0 Å². The first kappa shape index (κ1) is 14.2. The molecule has 1 N–H and O–H groups in total. The molecular formula is C17H14BrFN2. The van der Waals surface area contributed by atoms with Crippen LogP contribution in [0, 0.1) is 5.82 Å². The van der Waals surface area contributed by atoms with Crippen molar-refractivity contribution in [1.29, 1.82) is 0 Å². The highest BCUT2D eigenvalue weighted by Crippen LogP contribution is 2.29. The highest BCUT2D eigenvalue weighted by Gasteiger charge is 2.16. The van der Waals surface area contributed by atoms with Crippen LogP contribution in [0.4, 0.5) is 4.39 Å². The number of aromatic nitrogens is 1. The number of halogens is 2. The van der Waals surface area contributed by atoms with Gasteiger partial charge in [0.15, 0.2) is 0 Å². The van der Waals surface area contributed by atoms with E-state index in [0.717, 1.165) is 26.5 Å². The average molecular weight is 345 g/mol. The summed E-state index contributed by atoms with van der Waals surface area (Å²) in [6.45, 7) is 0. The molecule has 2 nitrogen and oxygen atoms in total. The normalized spacial score (nSPS) is 12.5. The molecular weight excluding hydrogens is 331 g/mol. The second kappa shape index (κ2) is 5.92. The lowest BCUT2D eigenvalue weighted by molar-refractivity contribution is 0.616. The van der Waals surface area contributed by atoms with Crippen LogP contribution >= 0.6 is 15.9 Å². The van der Waals surface area contributed by atoms with Gasteiger partial charge in [-0.05, 0) is 48.5 Å². The van der Waals surface area contributed by atoms with Crippen molar-refractivity contribution >= 4 is 26.8 Å². The molecule has 3 rings (SSSR count). The van der Waals surface area contributed by atoms with Gasteiger partial charge in [-0.3, -0.25) is 4.98 Å². The van der Waals surface area contributed by atoms with E-state index in [1.807, 2.05) is 43.4 Å². The number of rotatable bonds is 3. The molecule has 0 amide bonds. The first-order chi connectivity index (χ1) is 10.2. The second-order valence-corrected chi connectivity index (χ2v) is 5.76. The first-order valence-corrected chi connectivity index (χ1v) is 7.45. The Morgan fingerprint density at radius 3 is 2.76 bits per heavy atom. The summed E-state index contributed by atoms with van der Waals surface area (Å²) in [7, 11) is 1.87. The van der Waals surface area contributed by atoms with Gasteiger partial charge >= 0.3 is 0 Å². The predicted octanol–water partition coefficient (Wildman–Crippen LogP) is 4.45. The lowest BCUT2D eigenvalue weighted by Gasteiger charge is -2.19. The van der Waals surface area contributed by atoms with Gasteiger partial charge in [0.25, 0.3) is 0 Å². The van der Waals surface area contributed by atoms with Gasteiger partial charge in [-0.1, -0.05) is 34.1 Å². The fourth-order valence-electron chi connectivity index (χ4n) is 2.62. The zero-order valence-corrected chi connectivity index (χ0v) is 13.1. The molecule has 1 unspecified atom stereocenters. The minimum absolute atomic E-state index is 0.0927. The Kier molecular flexibility index (Phi) is 3.99. The largest absolute Gasteiger partial charge is 0.309 e. The maximum absolute atomic E-state index is 13.7. The quantitative estimate of drug-likeness (QED) is 0.759. The summed E-state index contributed by atoms with van der Waals surface area (Å²) >= 11 is 3.35. The van der Waals surface area contributed by atoms with Gasteiger partial charge in [0.05, 0.1) is 11.6 Å². The van der Waals surface area contributed by atoms with E-state index in [2.05, 4.69) is 26.2 Å². The van der Waals surface area contributed by atoms with Crippen molar-refractivity contribution in [3.63, 3.8) is 0 Å². The highest BCUT2D eigenvalue weighted by atomic mass is 79.9. The summed E-state index contributed by atoms with van der Waals surface area (Å²) in [4.78, 5) is 4.38. The van der Waals surface area contributed by atoms with Crippen molar-refractivity contribution in [2.75, 3.05) is 7.05 Å². The van der Waals surface area contributed by atoms with Crippen LogP contribution < -0.4 is 5.32 Å². The summed E-state index contributed by atoms with van der Waals surface area (Å²) in [5.41, 5.74) is 2.90. The molecule has 1 atom stereocenters. The van der Waals surface area contributed by atoms with Crippen molar-refractivity contribution in [3.8, 4) is 0 Å². The van der Waals surface area contributed by atoms with Crippen LogP contribution in [0.2, 0.25) is 0 Å². The molecule has 3 aromatic rings. The van der Waals surface area contributed by atoms with Crippen molar-refractivity contribution in [3.05, 3.63) is 76.1 Å². The van der Waals surface area contributed by atoms with Crippen LogP contribution in [0.1, 0.15) is 17.2 Å². The van der Waals surface area contributed by atoms with Gasteiger partial charge < -0.3 is 5.32 Å². The number of fused-ring (bicyclic) bond motifs is 1. The Morgan fingerprint density at radius 2 is 2.00 bits per heavy atom. The fraction of sp³-hybridized carbons (Fsp3) is 0.118. The fourth-order valence-corrected chi connectivity index (χ4v) is 3.11. The van der Waals surface area contributed by atoms with Gasteiger partial charge in [-0.15, -0.1) is 0 Å². The van der Waals surface area contributed by atoms with Crippen LogP contribution in [-0.4, -0.2) is 12.0 Å². The Labute approximate surface area is 131 Å². The van der Waals surface area contributed by atoms with Crippen LogP contribution in [-0.2, 0) is 0 Å². The van der Waals surface area contributed by atoms with E-state index in [1.165, 1.54) is 6.07 Å². The highest BCUT2D eigenvalue weighted by molar-refractivity contribution is 9.10. The summed E-state index contributed by atoms with van der Waals surface area (Å²) < 4.78 is 14.4. The standard InChI is InChI=1S/C17H14BrFN2/c1-20-17(11-8-12(18)10-13(19)9-11)15-4-2-6-16-14(15)5-3-7-21-16/h2-10,17,20H,1H3. The number of hydrogen-bond donors (Lipinski definition) is 1. The molecule has 0 aliphatic carbocycles. The van der Waals surface area contributed by atoms with Gasteiger partial charge in [-0.2, -0.15) is 0 Å². The molecule has 0 saturated heterocycles. The molecule has 0 radical (unpaired) electrons. The minimum Gasteiger partial charge on any atom is -0.309 e. The molecule has 0 spiro atoms. The topological polar surface area (TPSA) is 24.9 Å². The van der Waals surface area contributed by atoms with E-state index >= 15 is 0 Å². The number of hydrogen-bond acceptors (Lipinski definition) is 2. The second-order valence-electron chi connectivity index (χ2n) is 4.84. The monoisotopic (exact) mass is 344 g/mol. The molecule has 1 heterocycles. The first-order valence-electron chi connectivity index (χ1n) is 6.66. The van der Waals surface area contributed by atoms with Crippen LogP contribution in [0.15, 0.2) is 59.2 Å². The van der Waals surface area contributed by atoms with E-state index in [4.69, 9.17) is 0 Å². The molecule has 0 aliphatic heterocycles. The molecule has 0 bridgehead atoms. The van der Waals surface area contributed by atoms with Crippen LogP contribution in [0.25, 0.3) is 10.9 Å². The zero-order valence-electron chi connectivity index (χ0n) is 11.5. The molecule has 0 fully saturated rings. The third-order valence-electron chi connectivity index (χ3n) is 3.50. The Morgan fingerprint density at radius 1 is 1.14 bits per heavy atom. The van der Waals surface area contributed by atoms with Crippen molar-refractivity contribution < 1.29 is 4.39 Å². The van der Waals surface area contributed by atoms with E-state index < -0.39 is 0 Å². The molecule has 0 saturated carbocycles. The van der Waals surface area contributed by atoms with Crippen molar-refractivity contribution in [2.24, 2.45) is 0 Å². The lowest BCUT2D eigenvalue weighted by Crippen LogP contribution is -2.18. The number of nitrogens with one attached hydrogen (secondary N) is 1. The molecule has 0 aliphatic rings. The Bertz CT molecular complexity index is 763. The minimum atomic E-state index is -0.252. The van der Waals surface area contributed by atoms with Gasteiger partial charge in [0, 0.05) is 16.1 Å². The SMILES string of the molecule is CNC(c1cc(F)cc(Br)c1)c1cccc2ncccc12. The van der Waals surface area contributed by atoms with Gasteiger partial charge in [-0.25, -0.2) is 4.39 Å². The molecule has 4 heteroatoms. The van der Waals surface area contributed by atoms with Gasteiger partial charge in [0.2, 0.25) is 0 Å². The van der Waals surface area contributed by atoms with Crippen molar-refractivity contribution in [1.82, 2.24) is 10.3 Å². The average Bonchev–Trinajstić information content (AvgIpc) is 2.47. The van der Waals surface area contributed by atoms with E-state index in [0.29, 0.717) is 0 Å². The van der Waals surface area contributed by atoms with Gasteiger partial charge in [0.1, 0.15) is 5.82 Å². The third kappa shape index (κ3) is 2.82. The Balaban J connectivity index is 2.18. The summed E-state index contributed by atoms with van der Waals surface area (Å²) in [6, 6.07) is 14.8. The summed E-state index contributed by atoms with van der Waals surface area (Å²) in [5, 5.41) is 4.34. The van der Waals surface area contributed by atoms with Crippen molar-refractivity contribution in [2.45, 2.75) is 6.04 Å². The number of pyridine rings is 1. The summed E-state index contributed by atoms with van der Waals surface area (Å²) in [6.07, 6.45) is 1.78. The maximum atomic E-state index is 13.7. The van der Waals surface area contributed by atoms with Crippen LogP contribution in [0.3, 0.4) is 0 Å². The maximum Gasteiger partial charge on any atom is 0.124 e. The molecule has 21 heavy (non-hydrogen) atoms. The lowest BCUT2D eigenvalue weighted by atomic mass is 9.95. The zero-order chi connectivity index (χ0) is 14.8. The summed E-state index contributed by atoms with van der Waals surface area (Å²) in [5.74, 6) is -0.252. The number of benzene rings is 2.